The summed E-state index contributed by atoms with van der Waals surface area (Å²) in [5.74, 6) is 0. The lowest BCUT2D eigenvalue weighted by Gasteiger charge is -2.25. The van der Waals surface area contributed by atoms with Crippen molar-refractivity contribution in [2.75, 3.05) is 13.2 Å². The highest BCUT2D eigenvalue weighted by Crippen LogP contribution is 2.46. The third-order valence-electron chi connectivity index (χ3n) is 10.7. The summed E-state index contributed by atoms with van der Waals surface area (Å²) in [6.07, 6.45) is -9.79. The van der Waals surface area contributed by atoms with Crippen molar-refractivity contribution in [3.8, 4) is 22.4 Å². The van der Waals surface area contributed by atoms with E-state index < -0.39 is 32.8 Å². The molecule has 2 heterocycles. The van der Waals surface area contributed by atoms with Crippen molar-refractivity contribution in [2.24, 2.45) is 4.99 Å². The van der Waals surface area contributed by atoms with Crippen LogP contribution in [-0.2, 0) is 20.1 Å². The van der Waals surface area contributed by atoms with Gasteiger partial charge in [-0.2, -0.15) is 26.3 Å². The van der Waals surface area contributed by atoms with Gasteiger partial charge in [-0.1, -0.05) is 174 Å². The number of hydrogen-bond acceptors (Lipinski definition) is 3. The number of aromatic nitrogens is 1. The summed E-state index contributed by atoms with van der Waals surface area (Å²) in [5.41, 5.74) is 9.51. The fraction of sp³-hybridized carbons (Fsp3) is 0.260. The molecular weight excluding hydrogens is 785 g/mol. The van der Waals surface area contributed by atoms with Gasteiger partial charge in [0.05, 0.1) is 17.1 Å². The number of fused-ring (bicyclic) bond motifs is 1. The van der Waals surface area contributed by atoms with Gasteiger partial charge in [0.15, 0.2) is 0 Å². The minimum Gasteiger partial charge on any atom is -0.382 e. The first-order valence-corrected chi connectivity index (χ1v) is 20.1. The SMILES string of the molecule is Cc1ccc(C2=N/C(=C(/c3ccccc3)c3c(-c4ccc(C(C)(C)C)cc4)cc(-c4ccc(C(C)(C)C)cc4)n3B(OCC(F)(F)F)OCC(F)(F)F)c3ccccc32)cc1. The molecular formula is C50H47BF6N2O2. The zero-order valence-electron chi connectivity index (χ0n) is 35.2. The van der Waals surface area contributed by atoms with Gasteiger partial charge in [0.25, 0.3) is 0 Å². The first kappa shape index (κ1) is 43.4. The Bertz CT molecular complexity index is 2540. The molecule has 0 bridgehead atoms. The lowest BCUT2D eigenvalue weighted by Crippen LogP contribution is -2.40. The zero-order chi connectivity index (χ0) is 43.9. The van der Waals surface area contributed by atoms with Gasteiger partial charge in [0.2, 0.25) is 0 Å². The van der Waals surface area contributed by atoms with Crippen LogP contribution in [0.5, 0.6) is 0 Å². The smallest absolute Gasteiger partial charge is 0.382 e. The standard InChI is InChI=1S/C50H47BF6N2O2/c1-32-17-19-36(20-18-32)44-39-15-11-12-16-40(39)45(58-44)43(35-13-9-8-10-14-35)46-41(33-21-25-37(26-22-33)47(2,3)4)29-42(34-23-27-38(28-24-34)48(5,6)7)59(46)51(60-30-49(52,53)54)61-31-50(55,56)57/h8-29H,30-31H2,1-7H3/b45-43-. The highest BCUT2D eigenvalue weighted by Gasteiger charge is 2.41. The molecule has 61 heavy (non-hydrogen) atoms. The summed E-state index contributed by atoms with van der Waals surface area (Å²) >= 11 is 0. The third kappa shape index (κ3) is 9.79. The molecule has 6 aromatic rings. The van der Waals surface area contributed by atoms with Gasteiger partial charge in [-0.25, -0.2) is 4.99 Å². The molecule has 0 atom stereocenters. The highest BCUT2D eigenvalue weighted by molar-refractivity contribution is 6.44. The van der Waals surface area contributed by atoms with Crippen LogP contribution in [0.2, 0.25) is 0 Å². The van der Waals surface area contributed by atoms with Crippen LogP contribution in [-0.4, -0.2) is 43.0 Å². The van der Waals surface area contributed by atoms with E-state index in [4.69, 9.17) is 14.3 Å². The van der Waals surface area contributed by atoms with Gasteiger partial charge in [-0.05, 0) is 51.6 Å². The summed E-state index contributed by atoms with van der Waals surface area (Å²) in [4.78, 5) is 5.32. The van der Waals surface area contributed by atoms with E-state index in [9.17, 15) is 26.3 Å². The Morgan fingerprint density at radius 2 is 1.03 bits per heavy atom. The summed E-state index contributed by atoms with van der Waals surface area (Å²) in [6, 6.07) is 41.9. The molecule has 4 nitrogen and oxygen atoms in total. The largest absolute Gasteiger partial charge is 0.598 e. The molecule has 0 spiro atoms. The molecule has 5 aromatic carbocycles. The van der Waals surface area contributed by atoms with Crippen molar-refractivity contribution < 1.29 is 35.7 Å². The molecule has 0 fully saturated rings. The third-order valence-corrected chi connectivity index (χ3v) is 10.7. The number of halogens is 6. The first-order valence-electron chi connectivity index (χ1n) is 20.1. The molecule has 0 unspecified atom stereocenters. The molecule has 0 radical (unpaired) electrons. The fourth-order valence-electron chi connectivity index (χ4n) is 7.50. The molecule has 1 aromatic heterocycles. The number of nitrogens with zero attached hydrogens (tertiary/aromatic N) is 2. The first-order chi connectivity index (χ1) is 28.7. The van der Waals surface area contributed by atoms with E-state index in [0.29, 0.717) is 39.2 Å². The van der Waals surface area contributed by atoms with Crippen molar-refractivity contribution in [1.29, 1.82) is 0 Å². The number of rotatable bonds is 10. The monoisotopic (exact) mass is 832 g/mol. The maximum absolute atomic E-state index is 14.1. The summed E-state index contributed by atoms with van der Waals surface area (Å²) in [5, 5.41) is 0. The predicted octanol–water partition coefficient (Wildman–Crippen LogP) is 13.5. The molecule has 314 valence electrons. The normalized spacial score (nSPS) is 14.2. The van der Waals surface area contributed by atoms with Crippen molar-refractivity contribution in [3.63, 3.8) is 0 Å². The van der Waals surface area contributed by atoms with Gasteiger partial charge in [0.1, 0.15) is 13.2 Å². The quantitative estimate of drug-likeness (QED) is 0.102. The molecule has 0 saturated heterocycles. The van der Waals surface area contributed by atoms with Gasteiger partial charge in [-0.3, -0.25) is 0 Å². The summed E-state index contributed by atoms with van der Waals surface area (Å²) in [7, 11) is -2.20. The van der Waals surface area contributed by atoms with Crippen molar-refractivity contribution in [1.82, 2.24) is 4.48 Å². The van der Waals surface area contributed by atoms with Crippen molar-refractivity contribution >= 4 is 24.2 Å². The Kier molecular flexibility index (Phi) is 11.9. The lowest BCUT2D eigenvalue weighted by molar-refractivity contribution is -0.169. The number of benzene rings is 5. The van der Waals surface area contributed by atoms with E-state index in [1.807, 2.05) is 134 Å². The van der Waals surface area contributed by atoms with E-state index >= 15 is 0 Å². The number of alkyl halides is 6. The molecule has 0 amide bonds. The van der Waals surface area contributed by atoms with Crippen LogP contribution in [0.1, 0.15) is 86.2 Å². The average Bonchev–Trinajstić information content (AvgIpc) is 3.77. The number of aliphatic imine (C=N–C) groups is 1. The Balaban J connectivity index is 1.65. The number of hydrogen-bond donors (Lipinski definition) is 0. The van der Waals surface area contributed by atoms with Gasteiger partial charge in [-0.15, -0.1) is 0 Å². The van der Waals surface area contributed by atoms with E-state index in [1.165, 1.54) is 4.48 Å². The fourth-order valence-corrected chi connectivity index (χ4v) is 7.50. The molecule has 0 aliphatic carbocycles. The van der Waals surface area contributed by atoms with Crippen LogP contribution in [0.4, 0.5) is 26.3 Å². The molecule has 1 aliphatic heterocycles. The zero-order valence-corrected chi connectivity index (χ0v) is 35.2. The summed E-state index contributed by atoms with van der Waals surface area (Å²) < 4.78 is 96.9. The highest BCUT2D eigenvalue weighted by atomic mass is 19.4. The topological polar surface area (TPSA) is 35.8 Å². The maximum atomic E-state index is 14.1. The van der Waals surface area contributed by atoms with Gasteiger partial charge in [0, 0.05) is 33.5 Å². The van der Waals surface area contributed by atoms with Gasteiger partial charge >= 0.3 is 19.6 Å². The molecule has 0 saturated carbocycles. The second-order valence-corrected chi connectivity index (χ2v) is 17.4. The molecule has 11 heteroatoms. The number of aryl methyl sites for hydroxylation is 1. The van der Waals surface area contributed by atoms with Crippen molar-refractivity contribution in [3.05, 3.63) is 178 Å². The molecule has 0 N–H and O–H groups in total. The Morgan fingerprint density at radius 3 is 1.54 bits per heavy atom. The van der Waals surface area contributed by atoms with Crippen LogP contribution in [0.25, 0.3) is 33.7 Å². The average molecular weight is 833 g/mol. The van der Waals surface area contributed by atoms with Crippen LogP contribution < -0.4 is 0 Å². The summed E-state index contributed by atoms with van der Waals surface area (Å²) in [6.45, 7) is 10.7. The van der Waals surface area contributed by atoms with Crippen molar-refractivity contribution in [2.45, 2.75) is 71.6 Å². The van der Waals surface area contributed by atoms with Crippen LogP contribution in [0.3, 0.4) is 0 Å². The Morgan fingerprint density at radius 1 is 0.557 bits per heavy atom. The van der Waals surface area contributed by atoms with E-state index in [2.05, 4.69) is 41.5 Å². The lowest BCUT2D eigenvalue weighted by atomic mass is 9.85. The van der Waals surface area contributed by atoms with Crippen LogP contribution >= 0.6 is 0 Å². The van der Waals surface area contributed by atoms with E-state index in [-0.39, 0.29) is 22.2 Å². The van der Waals surface area contributed by atoms with E-state index in [1.54, 1.807) is 6.07 Å². The molecule has 7 rings (SSSR count). The minimum atomic E-state index is -4.90. The maximum Gasteiger partial charge on any atom is 0.598 e. The van der Waals surface area contributed by atoms with Crippen LogP contribution in [0.15, 0.2) is 138 Å². The predicted molar refractivity (Wildman–Crippen MR) is 233 cm³/mol. The second kappa shape index (κ2) is 16.7. The Labute approximate surface area is 353 Å². The minimum absolute atomic E-state index is 0.207. The van der Waals surface area contributed by atoms with Crippen LogP contribution in [0, 0.1) is 6.92 Å². The second-order valence-electron chi connectivity index (χ2n) is 17.4. The Hall–Kier alpha value is -5.65. The molecule has 1 aliphatic rings. The van der Waals surface area contributed by atoms with E-state index in [0.717, 1.165) is 33.4 Å². The van der Waals surface area contributed by atoms with Gasteiger partial charge < -0.3 is 13.8 Å².